The topological polar surface area (TPSA) is 46.9 Å². The zero-order chi connectivity index (χ0) is 23.2. The Labute approximate surface area is 197 Å². The number of hydrogen-bond acceptors (Lipinski definition) is 2. The van der Waals surface area contributed by atoms with Gasteiger partial charge in [-0.1, -0.05) is 42.3 Å². The number of amides is 1. The predicted molar refractivity (Wildman–Crippen MR) is 129 cm³/mol. The van der Waals surface area contributed by atoms with Crippen LogP contribution < -0.4 is 5.32 Å². The molecule has 0 radical (unpaired) electrons. The molecule has 6 heteroatoms. The van der Waals surface area contributed by atoms with Gasteiger partial charge >= 0.3 is 0 Å². The Hall–Kier alpha value is -3.18. The van der Waals surface area contributed by atoms with Gasteiger partial charge in [-0.15, -0.1) is 0 Å². The third-order valence-electron chi connectivity index (χ3n) is 6.92. The third-order valence-corrected chi connectivity index (χ3v) is 7.15. The quantitative estimate of drug-likeness (QED) is 0.503. The maximum absolute atomic E-state index is 13.4. The second kappa shape index (κ2) is 8.31. The van der Waals surface area contributed by atoms with Crippen molar-refractivity contribution in [1.29, 1.82) is 0 Å². The van der Waals surface area contributed by atoms with E-state index in [0.29, 0.717) is 5.02 Å². The number of hydrogen-bond donors (Lipinski definition) is 1. The molecular weight excluding hydrogens is 437 g/mol. The Morgan fingerprint density at radius 2 is 2.06 bits per heavy atom. The van der Waals surface area contributed by atoms with E-state index in [2.05, 4.69) is 29.5 Å². The molecule has 4 nitrogen and oxygen atoms in total. The highest BCUT2D eigenvalue weighted by Crippen LogP contribution is 2.54. The van der Waals surface area contributed by atoms with Crippen LogP contribution in [0.5, 0.6) is 0 Å². The van der Waals surface area contributed by atoms with Crippen LogP contribution in [0, 0.1) is 17.2 Å². The first-order valence-electron chi connectivity index (χ1n) is 11.1. The number of fused-ring (bicyclic) bond motifs is 2. The van der Waals surface area contributed by atoms with Crippen molar-refractivity contribution < 1.29 is 9.18 Å². The van der Waals surface area contributed by atoms with E-state index in [1.165, 1.54) is 30.2 Å². The Bertz CT molecular complexity index is 1290. The number of rotatable bonds is 4. The fraction of sp³-hybridized carbons (Fsp3) is 0.259. The van der Waals surface area contributed by atoms with Crippen molar-refractivity contribution in [3.8, 4) is 5.69 Å². The summed E-state index contributed by atoms with van der Waals surface area (Å²) in [5.74, 6) is -0.107. The number of carbonyl (C=O) groups is 1. The number of aromatic nitrogens is 2. The molecule has 1 fully saturated rings. The Morgan fingerprint density at radius 3 is 2.79 bits per heavy atom. The van der Waals surface area contributed by atoms with E-state index >= 15 is 0 Å². The molecule has 2 unspecified atom stereocenters. The molecule has 1 amide bonds. The molecule has 33 heavy (non-hydrogen) atoms. The molecule has 3 aromatic rings. The SMILES string of the molecule is CC(=O)NC(=CC1CCC2=Cc3c(cnn3-c3ccc(F)cc3)CC21C)c1cccc(Cl)c1. The minimum absolute atomic E-state index is 0.0635. The average molecular weight is 462 g/mol. The highest BCUT2D eigenvalue weighted by atomic mass is 35.5. The van der Waals surface area contributed by atoms with Gasteiger partial charge in [0.2, 0.25) is 5.91 Å². The largest absolute Gasteiger partial charge is 0.326 e. The van der Waals surface area contributed by atoms with Crippen LogP contribution in [0.4, 0.5) is 4.39 Å². The van der Waals surface area contributed by atoms with Gasteiger partial charge in [0.05, 0.1) is 17.6 Å². The maximum atomic E-state index is 13.4. The summed E-state index contributed by atoms with van der Waals surface area (Å²) in [6.45, 7) is 3.82. The molecule has 0 spiro atoms. The van der Waals surface area contributed by atoms with Crippen LogP contribution in [0.1, 0.15) is 43.5 Å². The summed E-state index contributed by atoms with van der Waals surface area (Å²) in [5, 5.41) is 8.25. The molecule has 2 atom stereocenters. The van der Waals surface area contributed by atoms with E-state index in [9.17, 15) is 9.18 Å². The van der Waals surface area contributed by atoms with Crippen LogP contribution in [0.3, 0.4) is 0 Å². The number of benzene rings is 2. The third kappa shape index (κ3) is 4.02. The molecule has 5 rings (SSSR count). The second-order valence-corrected chi connectivity index (χ2v) is 9.56. The number of halogens is 2. The molecule has 2 aliphatic rings. The van der Waals surface area contributed by atoms with Gasteiger partial charge in [-0.3, -0.25) is 4.79 Å². The first-order chi connectivity index (χ1) is 15.8. The molecule has 2 aromatic carbocycles. The van der Waals surface area contributed by atoms with Crippen molar-refractivity contribution in [2.24, 2.45) is 11.3 Å². The van der Waals surface area contributed by atoms with E-state index in [-0.39, 0.29) is 23.1 Å². The number of carbonyl (C=O) groups excluding carboxylic acids is 1. The van der Waals surface area contributed by atoms with Crippen LogP contribution in [0.15, 0.2) is 66.4 Å². The summed E-state index contributed by atoms with van der Waals surface area (Å²) in [6, 6.07) is 14.0. The van der Waals surface area contributed by atoms with Crippen molar-refractivity contribution >= 4 is 29.3 Å². The zero-order valence-corrected chi connectivity index (χ0v) is 19.4. The normalized spacial score (nSPS) is 21.9. The minimum atomic E-state index is -0.259. The van der Waals surface area contributed by atoms with Gasteiger partial charge in [0, 0.05) is 17.6 Å². The van der Waals surface area contributed by atoms with E-state index in [1.807, 2.05) is 35.1 Å². The van der Waals surface area contributed by atoms with Crippen molar-refractivity contribution in [1.82, 2.24) is 15.1 Å². The van der Waals surface area contributed by atoms with Crippen molar-refractivity contribution in [2.45, 2.75) is 33.1 Å². The summed E-state index contributed by atoms with van der Waals surface area (Å²) in [5.41, 5.74) is 6.11. The van der Waals surface area contributed by atoms with Crippen molar-refractivity contribution in [3.63, 3.8) is 0 Å². The van der Waals surface area contributed by atoms with E-state index in [1.54, 1.807) is 12.1 Å². The standard InChI is InChI=1S/C27H25ClFN3O/c1-17(33)31-25(18-4-3-5-22(28)12-18)13-20-6-7-21-14-26-19(15-27(20,21)2)16-30-32(26)24-10-8-23(29)9-11-24/h3-5,8-14,16,20H,6-7,15H2,1-2H3,(H,31,33). The Kier molecular flexibility index (Phi) is 5.45. The number of nitrogens with one attached hydrogen (secondary N) is 1. The van der Waals surface area contributed by atoms with Crippen LogP contribution in [0.2, 0.25) is 5.02 Å². The van der Waals surface area contributed by atoms with Crippen molar-refractivity contribution in [3.05, 3.63) is 94.0 Å². The molecule has 0 saturated heterocycles. The lowest BCUT2D eigenvalue weighted by atomic mass is 9.69. The van der Waals surface area contributed by atoms with Crippen LogP contribution in [-0.4, -0.2) is 15.7 Å². The smallest absolute Gasteiger partial charge is 0.221 e. The van der Waals surface area contributed by atoms with Gasteiger partial charge in [0.25, 0.3) is 0 Å². The number of nitrogens with zero attached hydrogens (tertiary/aromatic N) is 2. The second-order valence-electron chi connectivity index (χ2n) is 9.12. The maximum Gasteiger partial charge on any atom is 0.221 e. The Balaban J connectivity index is 1.51. The molecule has 2 aliphatic carbocycles. The average Bonchev–Trinajstić information content (AvgIpc) is 3.32. The molecule has 0 bridgehead atoms. The fourth-order valence-corrected chi connectivity index (χ4v) is 5.38. The lowest BCUT2D eigenvalue weighted by molar-refractivity contribution is -0.117. The highest BCUT2D eigenvalue weighted by molar-refractivity contribution is 6.30. The van der Waals surface area contributed by atoms with Gasteiger partial charge < -0.3 is 5.32 Å². The van der Waals surface area contributed by atoms with Gasteiger partial charge in [-0.2, -0.15) is 5.10 Å². The monoisotopic (exact) mass is 461 g/mol. The lowest BCUT2D eigenvalue weighted by Crippen LogP contribution is -2.29. The Morgan fingerprint density at radius 1 is 1.27 bits per heavy atom. The van der Waals surface area contributed by atoms with Gasteiger partial charge in [-0.25, -0.2) is 9.07 Å². The molecule has 168 valence electrons. The van der Waals surface area contributed by atoms with E-state index < -0.39 is 0 Å². The molecular formula is C27H25ClFN3O. The molecule has 1 saturated carbocycles. The van der Waals surface area contributed by atoms with Crippen molar-refractivity contribution in [2.75, 3.05) is 0 Å². The van der Waals surface area contributed by atoms with Crippen LogP contribution in [0.25, 0.3) is 17.5 Å². The molecule has 1 N–H and O–H groups in total. The number of allylic oxidation sites excluding steroid dienone is 2. The molecule has 1 heterocycles. The van der Waals surface area contributed by atoms with Gasteiger partial charge in [-0.05, 0) is 84.2 Å². The summed E-state index contributed by atoms with van der Waals surface area (Å²) < 4.78 is 15.3. The summed E-state index contributed by atoms with van der Waals surface area (Å²) >= 11 is 6.22. The minimum Gasteiger partial charge on any atom is -0.326 e. The summed E-state index contributed by atoms with van der Waals surface area (Å²) in [7, 11) is 0. The highest BCUT2D eigenvalue weighted by Gasteiger charge is 2.44. The first-order valence-corrected chi connectivity index (χ1v) is 11.5. The first kappa shape index (κ1) is 21.7. The molecule has 1 aromatic heterocycles. The van der Waals surface area contributed by atoms with Crippen LogP contribution in [-0.2, 0) is 11.2 Å². The zero-order valence-electron chi connectivity index (χ0n) is 18.6. The van der Waals surface area contributed by atoms with Gasteiger partial charge in [0.15, 0.2) is 0 Å². The summed E-state index contributed by atoms with van der Waals surface area (Å²) in [6.07, 6.45) is 9.21. The lowest BCUT2D eigenvalue weighted by Gasteiger charge is -2.35. The predicted octanol–water partition coefficient (Wildman–Crippen LogP) is 6.20. The summed E-state index contributed by atoms with van der Waals surface area (Å²) in [4.78, 5) is 11.9. The van der Waals surface area contributed by atoms with Crippen LogP contribution >= 0.6 is 11.6 Å². The fourth-order valence-electron chi connectivity index (χ4n) is 5.19. The van der Waals surface area contributed by atoms with Gasteiger partial charge in [0.1, 0.15) is 5.82 Å². The van der Waals surface area contributed by atoms with E-state index in [4.69, 9.17) is 11.6 Å². The molecule has 0 aliphatic heterocycles. The van der Waals surface area contributed by atoms with E-state index in [0.717, 1.165) is 41.9 Å².